The second-order valence-electron chi connectivity index (χ2n) is 12.8. The third-order valence-corrected chi connectivity index (χ3v) is 8.31. The summed E-state index contributed by atoms with van der Waals surface area (Å²) >= 11 is 6.51. The normalized spacial score (nSPS) is 11.6. The topological polar surface area (TPSA) is 124 Å². The van der Waals surface area contributed by atoms with Crippen molar-refractivity contribution < 1.29 is 9.53 Å². The summed E-state index contributed by atoms with van der Waals surface area (Å²) in [5, 5.41) is 21.4. The molecule has 0 aliphatic heterocycles. The molecule has 0 aliphatic carbocycles. The van der Waals surface area contributed by atoms with Gasteiger partial charge in [-0.3, -0.25) is 10.00 Å². The van der Waals surface area contributed by atoms with Gasteiger partial charge in [0.25, 0.3) is 0 Å². The number of rotatable bonds is 7. The van der Waals surface area contributed by atoms with Gasteiger partial charge >= 0.3 is 6.03 Å². The van der Waals surface area contributed by atoms with Crippen LogP contribution in [0.15, 0.2) is 97.3 Å². The van der Waals surface area contributed by atoms with Crippen LogP contribution in [0.1, 0.15) is 32.0 Å². The van der Waals surface area contributed by atoms with Crippen molar-refractivity contribution in [1.82, 2.24) is 29.5 Å². The molecule has 11 nitrogen and oxygen atoms in total. The number of nitrogens with one attached hydrogen (secondary N) is 3. The fourth-order valence-corrected chi connectivity index (χ4v) is 5.85. The van der Waals surface area contributed by atoms with Crippen LogP contribution in [0.25, 0.3) is 27.4 Å². The van der Waals surface area contributed by atoms with E-state index in [1.807, 2.05) is 74.6 Å². The Kier molecular flexibility index (Phi) is 8.13. The number of fused-ring (bicyclic) bond motifs is 2. The highest BCUT2D eigenvalue weighted by Crippen LogP contribution is 2.35. The zero-order chi connectivity index (χ0) is 34.3. The van der Waals surface area contributed by atoms with Crippen LogP contribution in [-0.4, -0.2) is 35.6 Å². The highest BCUT2D eigenvalue weighted by molar-refractivity contribution is 6.35. The first kappa shape index (κ1) is 31.6. The van der Waals surface area contributed by atoms with Crippen molar-refractivity contribution in [2.24, 2.45) is 7.05 Å². The number of benzene rings is 4. The Morgan fingerprint density at radius 1 is 0.918 bits per heavy atom. The van der Waals surface area contributed by atoms with Crippen molar-refractivity contribution in [1.29, 1.82) is 0 Å². The molecule has 49 heavy (non-hydrogen) atoms. The van der Waals surface area contributed by atoms with Gasteiger partial charge in [0.05, 0.1) is 33.8 Å². The minimum atomic E-state index is -0.399. The van der Waals surface area contributed by atoms with E-state index in [2.05, 4.69) is 51.8 Å². The number of halogens is 1. The zero-order valence-electron chi connectivity index (χ0n) is 27.6. The third kappa shape index (κ3) is 6.61. The van der Waals surface area contributed by atoms with Crippen molar-refractivity contribution in [3.63, 3.8) is 0 Å². The molecule has 2 amide bonds. The van der Waals surface area contributed by atoms with Crippen LogP contribution in [-0.2, 0) is 12.5 Å². The van der Waals surface area contributed by atoms with Crippen LogP contribution in [0.2, 0.25) is 5.02 Å². The van der Waals surface area contributed by atoms with Gasteiger partial charge in [-0.2, -0.15) is 15.2 Å². The van der Waals surface area contributed by atoms with E-state index in [9.17, 15) is 4.79 Å². The molecule has 12 heteroatoms. The first-order chi connectivity index (χ1) is 23.5. The second kappa shape index (κ2) is 12.6. The lowest BCUT2D eigenvalue weighted by Gasteiger charge is -2.14. The number of ether oxygens (including phenoxy) is 1. The standard InChI is InChI=1S/C37H34ClN9O2/c1-22-10-12-25(13-11-22)47-32(20-31(45-47)37(2,3)4)43-36(48)42-29-14-15-30(27-9-7-6-8-26(27)29)49-33-16-17-39-35(44-33)41-24-18-23-21-40-46(5)34(23)28(38)19-24/h6-21H,1-5H3,(H,39,41,44)(H2,42,43,48). The van der Waals surface area contributed by atoms with E-state index in [0.29, 0.717) is 34.1 Å². The number of urea groups is 1. The van der Waals surface area contributed by atoms with E-state index in [4.69, 9.17) is 21.4 Å². The first-order valence-electron chi connectivity index (χ1n) is 15.7. The summed E-state index contributed by atoms with van der Waals surface area (Å²) in [4.78, 5) is 22.4. The lowest BCUT2D eigenvalue weighted by molar-refractivity contribution is 0.262. The van der Waals surface area contributed by atoms with E-state index in [0.717, 1.165) is 44.3 Å². The van der Waals surface area contributed by atoms with Gasteiger partial charge in [0.1, 0.15) is 11.6 Å². The molecule has 0 radical (unpaired) electrons. The van der Waals surface area contributed by atoms with Crippen LogP contribution < -0.4 is 20.7 Å². The number of hydrogen-bond acceptors (Lipinski definition) is 7. The molecule has 0 atom stereocenters. The summed E-state index contributed by atoms with van der Waals surface area (Å²) in [5.74, 6) is 1.81. The highest BCUT2D eigenvalue weighted by atomic mass is 35.5. The summed E-state index contributed by atoms with van der Waals surface area (Å²) < 4.78 is 9.75. The van der Waals surface area contributed by atoms with Gasteiger partial charge in [0, 0.05) is 52.6 Å². The molecule has 0 fully saturated rings. The molecular formula is C37H34ClN9O2. The molecule has 0 spiro atoms. The predicted octanol–water partition coefficient (Wildman–Crippen LogP) is 9.14. The van der Waals surface area contributed by atoms with Crippen LogP contribution >= 0.6 is 11.6 Å². The molecule has 7 aromatic rings. The summed E-state index contributed by atoms with van der Waals surface area (Å²) in [6, 6.07) is 26.2. The van der Waals surface area contributed by atoms with Crippen molar-refractivity contribution >= 4 is 62.4 Å². The Morgan fingerprint density at radius 3 is 2.47 bits per heavy atom. The van der Waals surface area contributed by atoms with E-state index in [1.54, 1.807) is 46.0 Å². The predicted molar refractivity (Wildman–Crippen MR) is 195 cm³/mol. The Balaban J connectivity index is 1.11. The molecule has 3 heterocycles. The largest absolute Gasteiger partial charge is 0.438 e. The maximum Gasteiger partial charge on any atom is 0.324 e. The number of aromatic nitrogens is 6. The molecule has 3 aromatic heterocycles. The molecule has 0 saturated carbocycles. The Bertz CT molecular complexity index is 2340. The number of carbonyl (C=O) groups is 1. The molecule has 0 bridgehead atoms. The molecular weight excluding hydrogens is 638 g/mol. The average Bonchev–Trinajstić information content (AvgIpc) is 3.66. The van der Waals surface area contributed by atoms with Crippen LogP contribution in [0.4, 0.5) is 27.9 Å². The number of amides is 2. The number of hydrogen-bond donors (Lipinski definition) is 3. The van der Waals surface area contributed by atoms with Gasteiger partial charge in [0.2, 0.25) is 11.8 Å². The molecule has 4 aromatic carbocycles. The fourth-order valence-electron chi connectivity index (χ4n) is 5.50. The fraction of sp³-hybridized carbons (Fsp3) is 0.162. The smallest absolute Gasteiger partial charge is 0.324 e. The van der Waals surface area contributed by atoms with Gasteiger partial charge in [-0.25, -0.2) is 14.5 Å². The SMILES string of the molecule is Cc1ccc(-n2nc(C(C)(C)C)cc2NC(=O)Nc2ccc(Oc3ccnc(Nc4cc(Cl)c5c(cnn5C)c4)n3)c3ccccc23)cc1. The minimum Gasteiger partial charge on any atom is -0.438 e. The average molecular weight is 672 g/mol. The molecule has 0 saturated heterocycles. The summed E-state index contributed by atoms with van der Waals surface area (Å²) in [6.07, 6.45) is 3.37. The maximum atomic E-state index is 13.4. The van der Waals surface area contributed by atoms with Crippen LogP contribution in [0, 0.1) is 6.92 Å². The number of aryl methyl sites for hydroxylation is 2. The van der Waals surface area contributed by atoms with Crippen molar-refractivity contribution in [3.8, 4) is 17.3 Å². The van der Waals surface area contributed by atoms with Crippen LogP contribution in [0.5, 0.6) is 11.6 Å². The monoisotopic (exact) mass is 671 g/mol. The highest BCUT2D eigenvalue weighted by Gasteiger charge is 2.22. The molecule has 0 aliphatic rings. The Labute approximate surface area is 287 Å². The van der Waals surface area contributed by atoms with E-state index >= 15 is 0 Å². The third-order valence-electron chi connectivity index (χ3n) is 8.02. The van der Waals surface area contributed by atoms with E-state index in [-0.39, 0.29) is 5.41 Å². The van der Waals surface area contributed by atoms with Gasteiger partial charge < -0.3 is 15.4 Å². The van der Waals surface area contributed by atoms with Crippen molar-refractivity contribution in [3.05, 3.63) is 114 Å². The molecule has 0 unspecified atom stereocenters. The van der Waals surface area contributed by atoms with Gasteiger partial charge in [0.15, 0.2) is 0 Å². The number of nitrogens with zero attached hydrogens (tertiary/aromatic N) is 6. The van der Waals surface area contributed by atoms with Gasteiger partial charge in [-0.15, -0.1) is 0 Å². The van der Waals surface area contributed by atoms with E-state index < -0.39 is 6.03 Å². The number of anilines is 4. The van der Waals surface area contributed by atoms with E-state index in [1.165, 1.54) is 0 Å². The lowest BCUT2D eigenvalue weighted by Crippen LogP contribution is -2.21. The van der Waals surface area contributed by atoms with Crippen LogP contribution in [0.3, 0.4) is 0 Å². The van der Waals surface area contributed by atoms with Gasteiger partial charge in [-0.05, 0) is 43.3 Å². The van der Waals surface area contributed by atoms with Gasteiger partial charge in [-0.1, -0.05) is 74.3 Å². The summed E-state index contributed by atoms with van der Waals surface area (Å²) in [7, 11) is 1.85. The Hall–Kier alpha value is -5.94. The zero-order valence-corrected chi connectivity index (χ0v) is 28.4. The van der Waals surface area contributed by atoms with Crippen molar-refractivity contribution in [2.75, 3.05) is 16.0 Å². The second-order valence-corrected chi connectivity index (χ2v) is 13.2. The summed E-state index contributed by atoms with van der Waals surface area (Å²) in [6.45, 7) is 8.30. The molecule has 7 rings (SSSR count). The maximum absolute atomic E-state index is 13.4. The quantitative estimate of drug-likeness (QED) is 0.154. The molecule has 3 N–H and O–H groups in total. The Morgan fingerprint density at radius 2 is 1.69 bits per heavy atom. The lowest BCUT2D eigenvalue weighted by atomic mass is 9.92. The van der Waals surface area contributed by atoms with Crippen molar-refractivity contribution in [2.45, 2.75) is 33.1 Å². The minimum absolute atomic E-state index is 0.211. The first-order valence-corrected chi connectivity index (χ1v) is 16.1. The number of carbonyl (C=O) groups excluding carboxylic acids is 1. The molecule has 246 valence electrons. The summed E-state index contributed by atoms with van der Waals surface area (Å²) in [5.41, 5.74) is 4.82.